The van der Waals surface area contributed by atoms with Gasteiger partial charge >= 0.3 is 5.97 Å². The average molecular weight is 595 g/mol. The molecule has 0 spiro atoms. The lowest BCUT2D eigenvalue weighted by molar-refractivity contribution is -0.163. The molecule has 4 rings (SSSR count). The van der Waals surface area contributed by atoms with Gasteiger partial charge < -0.3 is 19.7 Å². The Morgan fingerprint density at radius 3 is 2.17 bits per heavy atom. The lowest BCUT2D eigenvalue weighted by atomic mass is 9.99. The summed E-state index contributed by atoms with van der Waals surface area (Å²) in [5, 5.41) is 1.55. The first-order chi connectivity index (χ1) is 19.6. The van der Waals surface area contributed by atoms with Crippen molar-refractivity contribution in [2.24, 2.45) is 0 Å². The van der Waals surface area contributed by atoms with Crippen molar-refractivity contribution in [3.05, 3.63) is 108 Å². The summed E-state index contributed by atoms with van der Waals surface area (Å²) < 4.78 is 37.2. The van der Waals surface area contributed by atoms with Crippen LogP contribution in [0.2, 0.25) is 0 Å². The van der Waals surface area contributed by atoms with Crippen LogP contribution in [0.1, 0.15) is 18.1 Å². The van der Waals surface area contributed by atoms with E-state index < -0.39 is 44.1 Å². The SMILES string of the molecule is C=C(C)C(C(=O)OCc1ccc(OC)cc1)N1C(=O)C(NC(=O)Cc2ccccc2)C1SS(=O)(=O)c1ccccc1. The van der Waals surface area contributed by atoms with Gasteiger partial charge in [-0.25, -0.2) is 13.2 Å². The van der Waals surface area contributed by atoms with E-state index in [0.29, 0.717) is 22.1 Å². The molecule has 0 aromatic heterocycles. The molecule has 1 aliphatic heterocycles. The minimum absolute atomic E-state index is 0.00125. The molecule has 3 aromatic carbocycles. The number of β-lactam (4-membered cyclic amide) rings is 1. The predicted molar refractivity (Wildman–Crippen MR) is 155 cm³/mol. The summed E-state index contributed by atoms with van der Waals surface area (Å²) in [6.45, 7) is 5.34. The fourth-order valence-electron chi connectivity index (χ4n) is 4.28. The number of nitrogens with one attached hydrogen (secondary N) is 1. The number of amides is 2. The van der Waals surface area contributed by atoms with Crippen LogP contribution in [0.15, 0.2) is 102 Å². The van der Waals surface area contributed by atoms with Gasteiger partial charge in [0.25, 0.3) is 0 Å². The number of carbonyl (C=O) groups excluding carboxylic acids is 3. The first-order valence-electron chi connectivity index (χ1n) is 12.7. The topological polar surface area (TPSA) is 119 Å². The predicted octanol–water partition coefficient (Wildman–Crippen LogP) is 3.70. The summed E-state index contributed by atoms with van der Waals surface area (Å²) in [5.41, 5.74) is 1.71. The zero-order chi connectivity index (χ0) is 29.6. The molecule has 1 N–H and O–H groups in total. The van der Waals surface area contributed by atoms with Crippen LogP contribution in [0.4, 0.5) is 0 Å². The molecule has 11 heteroatoms. The highest BCUT2D eigenvalue weighted by molar-refractivity contribution is 8.72. The molecule has 2 amide bonds. The second-order valence-corrected chi connectivity index (χ2v) is 13.4. The quantitative estimate of drug-likeness (QED) is 0.146. The molecule has 0 bridgehead atoms. The molecule has 3 unspecified atom stereocenters. The maximum Gasteiger partial charge on any atom is 0.333 e. The zero-order valence-corrected chi connectivity index (χ0v) is 24.2. The number of benzene rings is 3. The van der Waals surface area contributed by atoms with E-state index >= 15 is 0 Å². The largest absolute Gasteiger partial charge is 0.497 e. The van der Waals surface area contributed by atoms with E-state index in [-0.39, 0.29) is 23.5 Å². The van der Waals surface area contributed by atoms with Gasteiger partial charge in [-0.2, -0.15) is 0 Å². The van der Waals surface area contributed by atoms with Gasteiger partial charge in [0, 0.05) is 10.8 Å². The van der Waals surface area contributed by atoms with Gasteiger partial charge in [0.2, 0.25) is 20.7 Å². The van der Waals surface area contributed by atoms with Crippen LogP contribution in [-0.2, 0) is 41.0 Å². The van der Waals surface area contributed by atoms with Crippen molar-refractivity contribution in [2.75, 3.05) is 7.11 Å². The molecule has 0 saturated carbocycles. The number of methoxy groups -OCH3 is 1. The monoisotopic (exact) mass is 594 g/mol. The van der Waals surface area contributed by atoms with Crippen molar-refractivity contribution in [3.63, 3.8) is 0 Å². The van der Waals surface area contributed by atoms with Crippen molar-refractivity contribution in [2.45, 2.75) is 42.3 Å². The van der Waals surface area contributed by atoms with Crippen molar-refractivity contribution in [1.29, 1.82) is 0 Å². The number of nitrogens with zero attached hydrogens (tertiary/aromatic N) is 1. The highest BCUT2D eigenvalue weighted by atomic mass is 33.1. The second kappa shape index (κ2) is 13.0. The number of ether oxygens (including phenoxy) is 2. The maximum absolute atomic E-state index is 13.4. The molecule has 1 fully saturated rings. The summed E-state index contributed by atoms with van der Waals surface area (Å²) in [6.07, 6.45) is 0.00125. The van der Waals surface area contributed by atoms with Crippen LogP contribution < -0.4 is 10.1 Å². The average Bonchev–Trinajstić information content (AvgIpc) is 2.97. The standard InChI is InChI=1S/C30H30N2O7S2/c1-20(2)27(30(35)39-19-22-14-16-23(38-3)17-15-22)32-28(34)26(31-25(33)18-21-10-6-4-7-11-21)29(32)40-41(36,37)24-12-8-5-9-13-24/h4-17,26-27,29H,1,18-19H2,2-3H3,(H,31,33). The maximum atomic E-state index is 13.4. The fraction of sp³-hybridized carbons (Fsp3) is 0.233. The number of likely N-dealkylation sites (tertiary alicyclic amines) is 1. The summed E-state index contributed by atoms with van der Waals surface area (Å²) >= 11 is 0. The molecule has 3 atom stereocenters. The molecular formula is C30H30N2O7S2. The molecule has 1 heterocycles. The highest BCUT2D eigenvalue weighted by Gasteiger charge is 2.55. The third-order valence-electron chi connectivity index (χ3n) is 6.37. The van der Waals surface area contributed by atoms with Gasteiger partial charge in [-0.3, -0.25) is 9.59 Å². The van der Waals surface area contributed by atoms with Gasteiger partial charge in [0.15, 0.2) is 6.04 Å². The van der Waals surface area contributed by atoms with Crippen LogP contribution in [0.5, 0.6) is 5.75 Å². The number of rotatable bonds is 12. The Morgan fingerprint density at radius 1 is 0.976 bits per heavy atom. The number of carbonyl (C=O) groups is 3. The van der Waals surface area contributed by atoms with Crippen molar-refractivity contribution < 1.29 is 32.3 Å². The zero-order valence-electron chi connectivity index (χ0n) is 22.6. The minimum Gasteiger partial charge on any atom is -0.497 e. The highest BCUT2D eigenvalue weighted by Crippen LogP contribution is 2.39. The molecule has 41 heavy (non-hydrogen) atoms. The van der Waals surface area contributed by atoms with E-state index in [9.17, 15) is 22.8 Å². The van der Waals surface area contributed by atoms with Crippen LogP contribution in [0.3, 0.4) is 0 Å². The first kappa shape index (κ1) is 29.9. The summed E-state index contributed by atoms with van der Waals surface area (Å²) in [6, 6.07) is 21.2. The number of hydrogen-bond donors (Lipinski definition) is 1. The molecule has 1 saturated heterocycles. The van der Waals surface area contributed by atoms with E-state index in [2.05, 4.69) is 11.9 Å². The van der Waals surface area contributed by atoms with Gasteiger partial charge in [-0.15, -0.1) is 0 Å². The number of esters is 1. The van der Waals surface area contributed by atoms with Crippen molar-refractivity contribution in [3.8, 4) is 5.75 Å². The van der Waals surface area contributed by atoms with Crippen LogP contribution in [0.25, 0.3) is 0 Å². The molecule has 3 aromatic rings. The molecule has 9 nitrogen and oxygen atoms in total. The van der Waals surface area contributed by atoms with E-state index in [1.54, 1.807) is 80.8 Å². The molecule has 214 valence electrons. The van der Waals surface area contributed by atoms with Gasteiger partial charge in [0.05, 0.1) is 18.4 Å². The lowest BCUT2D eigenvalue weighted by Crippen LogP contribution is -2.73. The van der Waals surface area contributed by atoms with Gasteiger partial charge in [0.1, 0.15) is 23.8 Å². The van der Waals surface area contributed by atoms with Crippen LogP contribution in [-0.4, -0.2) is 55.7 Å². The third-order valence-corrected chi connectivity index (χ3v) is 10.1. The summed E-state index contributed by atoms with van der Waals surface area (Å²) in [5.74, 6) is -1.18. The Bertz CT molecular complexity index is 1510. The normalized spacial score (nSPS) is 17.2. The second-order valence-electron chi connectivity index (χ2n) is 9.41. The Morgan fingerprint density at radius 2 is 1.59 bits per heavy atom. The Labute approximate surface area is 242 Å². The molecule has 0 radical (unpaired) electrons. The Hall–Kier alpha value is -4.09. The Kier molecular flexibility index (Phi) is 9.51. The molecule has 1 aliphatic rings. The lowest BCUT2D eigenvalue weighted by Gasteiger charge is -2.49. The molecule has 0 aliphatic carbocycles. The first-order valence-corrected chi connectivity index (χ1v) is 15.6. The number of hydrogen-bond acceptors (Lipinski definition) is 8. The third kappa shape index (κ3) is 7.17. The van der Waals surface area contributed by atoms with E-state index in [4.69, 9.17) is 9.47 Å². The smallest absolute Gasteiger partial charge is 0.333 e. The van der Waals surface area contributed by atoms with Crippen molar-refractivity contribution in [1.82, 2.24) is 10.2 Å². The van der Waals surface area contributed by atoms with Crippen LogP contribution >= 0.6 is 10.8 Å². The van der Waals surface area contributed by atoms with E-state index in [1.165, 1.54) is 12.1 Å². The molecular weight excluding hydrogens is 564 g/mol. The van der Waals surface area contributed by atoms with Gasteiger partial charge in [-0.05, 0) is 47.9 Å². The summed E-state index contributed by atoms with van der Waals surface area (Å²) in [7, 11) is -1.94. The van der Waals surface area contributed by atoms with E-state index in [0.717, 1.165) is 10.5 Å². The van der Waals surface area contributed by atoms with Crippen LogP contribution in [0, 0.1) is 0 Å². The minimum atomic E-state index is -3.97. The fourth-order valence-corrected chi connectivity index (χ4v) is 7.81. The van der Waals surface area contributed by atoms with Gasteiger partial charge in [-0.1, -0.05) is 67.2 Å². The summed E-state index contributed by atoms with van der Waals surface area (Å²) in [4.78, 5) is 40.7. The van der Waals surface area contributed by atoms with Crippen molar-refractivity contribution >= 4 is 37.4 Å². The Balaban J connectivity index is 1.56. The van der Waals surface area contributed by atoms with E-state index in [1.807, 2.05) is 6.07 Å².